The standard InChI is InChI=1S/C9H6BrFN2O2/c10-6-2-1-5(11)3-7(6)13-4-8(14)12-9(13)15/h1-3H,4H2,(H,12,14,15). The molecule has 1 N–H and O–H groups in total. The summed E-state index contributed by atoms with van der Waals surface area (Å²) in [7, 11) is 0. The molecule has 0 spiro atoms. The summed E-state index contributed by atoms with van der Waals surface area (Å²) in [5.74, 6) is -0.850. The minimum Gasteiger partial charge on any atom is -0.283 e. The molecule has 0 radical (unpaired) electrons. The topological polar surface area (TPSA) is 49.4 Å². The van der Waals surface area contributed by atoms with Crippen LogP contribution in [0.25, 0.3) is 0 Å². The molecule has 0 atom stereocenters. The minimum atomic E-state index is -0.536. The van der Waals surface area contributed by atoms with Gasteiger partial charge < -0.3 is 0 Å². The first-order valence-corrected chi connectivity index (χ1v) is 4.93. The van der Waals surface area contributed by atoms with E-state index in [1.807, 2.05) is 0 Å². The predicted molar refractivity (Wildman–Crippen MR) is 55.0 cm³/mol. The SMILES string of the molecule is O=C1CN(c2cc(F)ccc2Br)C(=O)N1. The lowest BCUT2D eigenvalue weighted by molar-refractivity contribution is -0.117. The number of hydrogen-bond acceptors (Lipinski definition) is 2. The number of urea groups is 1. The molecule has 2 rings (SSSR count). The first-order valence-electron chi connectivity index (χ1n) is 4.14. The van der Waals surface area contributed by atoms with Crippen LogP contribution < -0.4 is 10.2 Å². The van der Waals surface area contributed by atoms with Crippen LogP contribution in [0, 0.1) is 5.82 Å². The van der Waals surface area contributed by atoms with Gasteiger partial charge in [-0.2, -0.15) is 0 Å². The van der Waals surface area contributed by atoms with Gasteiger partial charge in [0, 0.05) is 4.47 Å². The molecule has 1 fully saturated rings. The summed E-state index contributed by atoms with van der Waals surface area (Å²) in [5.41, 5.74) is 0.346. The van der Waals surface area contributed by atoms with E-state index in [-0.39, 0.29) is 6.54 Å². The molecule has 0 unspecified atom stereocenters. The van der Waals surface area contributed by atoms with E-state index in [2.05, 4.69) is 21.2 Å². The van der Waals surface area contributed by atoms with Gasteiger partial charge in [0.05, 0.1) is 5.69 Å². The largest absolute Gasteiger partial charge is 0.329 e. The van der Waals surface area contributed by atoms with Gasteiger partial charge in [0.25, 0.3) is 0 Å². The van der Waals surface area contributed by atoms with Crippen LogP contribution in [0.3, 0.4) is 0 Å². The highest BCUT2D eigenvalue weighted by Gasteiger charge is 2.29. The number of rotatable bonds is 1. The number of anilines is 1. The lowest BCUT2D eigenvalue weighted by Crippen LogP contribution is -2.28. The maximum atomic E-state index is 13.0. The van der Waals surface area contributed by atoms with E-state index in [4.69, 9.17) is 0 Å². The monoisotopic (exact) mass is 272 g/mol. The Morgan fingerprint density at radius 1 is 1.40 bits per heavy atom. The van der Waals surface area contributed by atoms with E-state index in [1.165, 1.54) is 23.1 Å². The molecule has 0 saturated carbocycles. The van der Waals surface area contributed by atoms with Crippen molar-refractivity contribution in [3.05, 3.63) is 28.5 Å². The van der Waals surface area contributed by atoms with Gasteiger partial charge >= 0.3 is 6.03 Å². The highest BCUT2D eigenvalue weighted by molar-refractivity contribution is 9.10. The number of halogens is 2. The average molecular weight is 273 g/mol. The van der Waals surface area contributed by atoms with Crippen molar-refractivity contribution in [1.29, 1.82) is 0 Å². The maximum absolute atomic E-state index is 13.0. The van der Waals surface area contributed by atoms with Gasteiger partial charge in [0.2, 0.25) is 5.91 Å². The summed E-state index contributed by atoms with van der Waals surface area (Å²) in [6.45, 7) is -0.0825. The summed E-state index contributed by atoms with van der Waals surface area (Å²) in [5, 5.41) is 2.12. The van der Waals surface area contributed by atoms with Crippen LogP contribution in [-0.4, -0.2) is 18.5 Å². The molecule has 3 amide bonds. The fourth-order valence-electron chi connectivity index (χ4n) is 1.33. The fourth-order valence-corrected chi connectivity index (χ4v) is 1.79. The van der Waals surface area contributed by atoms with Crippen molar-refractivity contribution in [1.82, 2.24) is 5.32 Å². The van der Waals surface area contributed by atoms with Crippen molar-refractivity contribution in [3.63, 3.8) is 0 Å². The van der Waals surface area contributed by atoms with Gasteiger partial charge in [-0.25, -0.2) is 9.18 Å². The number of carbonyl (C=O) groups is 2. The highest BCUT2D eigenvalue weighted by atomic mass is 79.9. The number of imide groups is 1. The minimum absolute atomic E-state index is 0.0825. The second kappa shape index (κ2) is 3.62. The first-order chi connectivity index (χ1) is 7.08. The number of nitrogens with one attached hydrogen (secondary N) is 1. The van der Waals surface area contributed by atoms with E-state index in [0.717, 1.165) is 0 Å². The number of hydrogen-bond donors (Lipinski definition) is 1. The third-order valence-electron chi connectivity index (χ3n) is 1.99. The molecule has 0 bridgehead atoms. The molecular formula is C9H6BrFN2O2. The second-order valence-electron chi connectivity index (χ2n) is 3.04. The van der Waals surface area contributed by atoms with Gasteiger partial charge in [0.15, 0.2) is 0 Å². The van der Waals surface area contributed by atoms with E-state index in [9.17, 15) is 14.0 Å². The molecule has 1 saturated heterocycles. The Hall–Kier alpha value is -1.43. The Morgan fingerprint density at radius 3 is 2.73 bits per heavy atom. The maximum Gasteiger partial charge on any atom is 0.329 e. The van der Waals surface area contributed by atoms with Crippen LogP contribution in [0.5, 0.6) is 0 Å². The molecule has 1 aromatic rings. The average Bonchev–Trinajstić information content (AvgIpc) is 2.50. The van der Waals surface area contributed by atoms with E-state index >= 15 is 0 Å². The van der Waals surface area contributed by atoms with Gasteiger partial charge in [-0.1, -0.05) is 0 Å². The number of benzene rings is 1. The molecule has 78 valence electrons. The molecule has 1 aliphatic rings. The van der Waals surface area contributed by atoms with Crippen LogP contribution in [-0.2, 0) is 4.79 Å². The molecule has 0 aliphatic carbocycles. The Kier molecular flexibility index (Phi) is 2.44. The van der Waals surface area contributed by atoms with Crippen molar-refractivity contribution in [2.45, 2.75) is 0 Å². The summed E-state index contributed by atoms with van der Waals surface area (Å²) in [4.78, 5) is 23.4. The summed E-state index contributed by atoms with van der Waals surface area (Å²) >= 11 is 3.19. The quantitative estimate of drug-likeness (QED) is 0.791. The smallest absolute Gasteiger partial charge is 0.283 e. The van der Waals surface area contributed by atoms with Gasteiger partial charge in [-0.05, 0) is 34.1 Å². The van der Waals surface area contributed by atoms with Gasteiger partial charge in [-0.3, -0.25) is 15.0 Å². The second-order valence-corrected chi connectivity index (χ2v) is 3.89. The lowest BCUT2D eigenvalue weighted by atomic mass is 10.3. The van der Waals surface area contributed by atoms with Crippen molar-refractivity contribution < 1.29 is 14.0 Å². The number of nitrogens with zero attached hydrogens (tertiary/aromatic N) is 1. The van der Waals surface area contributed by atoms with Crippen molar-refractivity contribution in [2.24, 2.45) is 0 Å². The molecule has 15 heavy (non-hydrogen) atoms. The molecule has 1 heterocycles. The normalized spacial score (nSPS) is 15.7. The van der Waals surface area contributed by atoms with Gasteiger partial charge in [0.1, 0.15) is 12.4 Å². The lowest BCUT2D eigenvalue weighted by Gasteiger charge is -2.14. The highest BCUT2D eigenvalue weighted by Crippen LogP contribution is 2.28. The van der Waals surface area contributed by atoms with E-state index < -0.39 is 17.8 Å². The molecular weight excluding hydrogens is 267 g/mol. The molecule has 1 aliphatic heterocycles. The Morgan fingerprint density at radius 2 is 2.13 bits per heavy atom. The van der Waals surface area contributed by atoms with E-state index in [0.29, 0.717) is 10.2 Å². The van der Waals surface area contributed by atoms with Gasteiger partial charge in [-0.15, -0.1) is 0 Å². The Balaban J connectivity index is 2.41. The van der Waals surface area contributed by atoms with Crippen LogP contribution in [0.4, 0.5) is 14.9 Å². The molecule has 1 aromatic carbocycles. The van der Waals surface area contributed by atoms with Crippen LogP contribution in [0.2, 0.25) is 0 Å². The molecule has 4 nitrogen and oxygen atoms in total. The zero-order chi connectivity index (χ0) is 11.0. The van der Waals surface area contributed by atoms with Crippen LogP contribution in [0.1, 0.15) is 0 Å². The van der Waals surface area contributed by atoms with Crippen molar-refractivity contribution in [3.8, 4) is 0 Å². The number of carbonyl (C=O) groups excluding carboxylic acids is 2. The molecule has 6 heteroatoms. The predicted octanol–water partition coefficient (Wildman–Crippen LogP) is 1.64. The zero-order valence-electron chi connectivity index (χ0n) is 7.46. The Bertz CT molecular complexity index is 450. The summed E-state index contributed by atoms with van der Waals surface area (Å²) in [6, 6.07) is 3.41. The van der Waals surface area contributed by atoms with Crippen molar-refractivity contribution >= 4 is 33.6 Å². The van der Waals surface area contributed by atoms with Crippen LogP contribution >= 0.6 is 15.9 Å². The summed E-state index contributed by atoms with van der Waals surface area (Å²) in [6.07, 6.45) is 0. The number of amides is 3. The first kappa shape index (κ1) is 10.1. The zero-order valence-corrected chi connectivity index (χ0v) is 9.04. The summed E-state index contributed by atoms with van der Waals surface area (Å²) < 4.78 is 13.5. The third-order valence-corrected chi connectivity index (χ3v) is 2.66. The third kappa shape index (κ3) is 1.85. The van der Waals surface area contributed by atoms with Crippen molar-refractivity contribution in [2.75, 3.05) is 11.4 Å². The van der Waals surface area contributed by atoms with Crippen LogP contribution in [0.15, 0.2) is 22.7 Å². The Labute approximate surface area is 93.2 Å². The van der Waals surface area contributed by atoms with E-state index in [1.54, 1.807) is 0 Å². The molecule has 0 aromatic heterocycles. The fraction of sp³-hybridized carbons (Fsp3) is 0.111.